The van der Waals surface area contributed by atoms with E-state index in [1.165, 1.54) is 37.0 Å². The summed E-state index contributed by atoms with van der Waals surface area (Å²) in [6.07, 6.45) is 18.2. The van der Waals surface area contributed by atoms with Gasteiger partial charge in [-0.25, -0.2) is 0 Å². The normalized spacial score (nSPS) is 15.6. The number of likely N-dealkylation sites (tertiary alicyclic amines) is 1. The lowest BCUT2D eigenvalue weighted by molar-refractivity contribution is -0.138. The highest BCUT2D eigenvalue weighted by molar-refractivity contribution is 6.01. The molecule has 0 aromatic heterocycles. The number of amides is 2. The minimum Gasteiger partial charge on any atom is -0.283 e. The first-order valence-electron chi connectivity index (χ1n) is 8.57. The second-order valence-corrected chi connectivity index (χ2v) is 5.80. The molecule has 2 amide bonds. The Morgan fingerprint density at radius 1 is 0.905 bits per heavy atom. The number of hydrogen-bond donors (Lipinski definition) is 0. The summed E-state index contributed by atoms with van der Waals surface area (Å²) in [5, 5.41) is 0. The van der Waals surface area contributed by atoms with Gasteiger partial charge in [0.1, 0.15) is 0 Å². The molecular formula is C18H30NO2. The summed E-state index contributed by atoms with van der Waals surface area (Å²) >= 11 is 0. The van der Waals surface area contributed by atoms with Gasteiger partial charge in [0.05, 0.1) is 0 Å². The van der Waals surface area contributed by atoms with Gasteiger partial charge < -0.3 is 0 Å². The van der Waals surface area contributed by atoms with Crippen LogP contribution in [0, 0.1) is 6.42 Å². The highest BCUT2D eigenvalue weighted by Crippen LogP contribution is 2.13. The van der Waals surface area contributed by atoms with Gasteiger partial charge in [0.2, 0.25) is 11.8 Å². The van der Waals surface area contributed by atoms with Crippen LogP contribution >= 0.6 is 0 Å². The summed E-state index contributed by atoms with van der Waals surface area (Å²) in [5.41, 5.74) is 0. The van der Waals surface area contributed by atoms with Crippen molar-refractivity contribution in [3.8, 4) is 0 Å². The van der Waals surface area contributed by atoms with E-state index in [0.717, 1.165) is 25.7 Å². The lowest BCUT2D eigenvalue weighted by Gasteiger charge is -2.12. The molecular weight excluding hydrogens is 262 g/mol. The number of nitrogens with zero attached hydrogens (tertiary/aromatic N) is 1. The molecule has 0 saturated carbocycles. The molecule has 0 aliphatic carbocycles. The third-order valence-electron chi connectivity index (χ3n) is 3.90. The molecule has 3 heteroatoms. The molecule has 1 heterocycles. The van der Waals surface area contributed by atoms with E-state index in [-0.39, 0.29) is 11.8 Å². The van der Waals surface area contributed by atoms with Crippen LogP contribution in [0.25, 0.3) is 0 Å². The lowest BCUT2D eigenvalue weighted by atomic mass is 10.1. The van der Waals surface area contributed by atoms with Crippen molar-refractivity contribution in [2.75, 3.05) is 6.54 Å². The van der Waals surface area contributed by atoms with Gasteiger partial charge in [-0.1, -0.05) is 51.2 Å². The van der Waals surface area contributed by atoms with E-state index in [9.17, 15) is 9.59 Å². The average Bonchev–Trinajstić information content (AvgIpc) is 2.80. The average molecular weight is 292 g/mol. The van der Waals surface area contributed by atoms with E-state index < -0.39 is 0 Å². The summed E-state index contributed by atoms with van der Waals surface area (Å²) in [6, 6.07) is 0. The summed E-state index contributed by atoms with van der Waals surface area (Å²) in [5.74, 6) is 0.0233. The Morgan fingerprint density at radius 2 is 1.57 bits per heavy atom. The zero-order valence-corrected chi connectivity index (χ0v) is 13.5. The van der Waals surface area contributed by atoms with Crippen LogP contribution in [0.1, 0.15) is 77.6 Å². The fraction of sp³-hybridized carbons (Fsp3) is 0.722. The van der Waals surface area contributed by atoms with Crippen LogP contribution in [0.2, 0.25) is 0 Å². The third kappa shape index (κ3) is 8.03. The van der Waals surface area contributed by atoms with E-state index in [1.54, 1.807) is 0 Å². The first kappa shape index (κ1) is 17.9. The van der Waals surface area contributed by atoms with Gasteiger partial charge >= 0.3 is 0 Å². The molecule has 0 bridgehead atoms. The molecule has 0 atom stereocenters. The van der Waals surface area contributed by atoms with E-state index in [0.29, 0.717) is 19.4 Å². The summed E-state index contributed by atoms with van der Waals surface area (Å²) in [4.78, 5) is 24.2. The molecule has 1 fully saturated rings. The van der Waals surface area contributed by atoms with Crippen molar-refractivity contribution in [3.05, 3.63) is 18.6 Å². The summed E-state index contributed by atoms with van der Waals surface area (Å²) in [7, 11) is 0. The second kappa shape index (κ2) is 11.5. The molecule has 21 heavy (non-hydrogen) atoms. The Bertz CT molecular complexity index is 320. The molecule has 3 nitrogen and oxygen atoms in total. The Morgan fingerprint density at radius 3 is 2.29 bits per heavy atom. The molecule has 119 valence electrons. The van der Waals surface area contributed by atoms with Crippen molar-refractivity contribution in [2.45, 2.75) is 77.6 Å². The molecule has 0 aromatic rings. The highest BCUT2D eigenvalue weighted by Gasteiger charge is 2.27. The first-order valence-corrected chi connectivity index (χ1v) is 8.57. The minimum atomic E-state index is 0.0116. The molecule has 0 aromatic carbocycles. The fourth-order valence-corrected chi connectivity index (χ4v) is 2.56. The van der Waals surface area contributed by atoms with Gasteiger partial charge in [-0.05, 0) is 32.1 Å². The van der Waals surface area contributed by atoms with E-state index in [4.69, 9.17) is 0 Å². The van der Waals surface area contributed by atoms with Crippen molar-refractivity contribution in [2.24, 2.45) is 0 Å². The van der Waals surface area contributed by atoms with Crippen LogP contribution in [-0.4, -0.2) is 23.3 Å². The Labute approximate surface area is 129 Å². The van der Waals surface area contributed by atoms with Crippen LogP contribution in [-0.2, 0) is 9.59 Å². The topological polar surface area (TPSA) is 37.4 Å². The molecule has 1 aliphatic heterocycles. The zero-order chi connectivity index (χ0) is 15.3. The van der Waals surface area contributed by atoms with Gasteiger partial charge in [-0.15, -0.1) is 0 Å². The largest absolute Gasteiger partial charge is 0.283 e. The second-order valence-electron chi connectivity index (χ2n) is 5.80. The smallest absolute Gasteiger partial charge is 0.229 e. The van der Waals surface area contributed by atoms with E-state index in [2.05, 4.69) is 25.5 Å². The molecule has 1 rings (SSSR count). The maximum Gasteiger partial charge on any atom is 0.229 e. The third-order valence-corrected chi connectivity index (χ3v) is 3.90. The Hall–Kier alpha value is -1.12. The standard InChI is InChI=1S/C18H30NO2/c1-2-3-4-5-6-7-8-9-10-11-12-13-16-19-17(20)14-15-18(19)21/h7-9H,2-6,10-16H2,1H3. The predicted molar refractivity (Wildman–Crippen MR) is 86.6 cm³/mol. The number of hydrogen-bond acceptors (Lipinski definition) is 2. The number of rotatable bonds is 12. The maximum absolute atomic E-state index is 11.4. The lowest BCUT2D eigenvalue weighted by Crippen LogP contribution is -2.29. The SMILES string of the molecule is CCCCCCC=C[CH]CCCCCN1C(=O)CCC1=O. The van der Waals surface area contributed by atoms with Gasteiger partial charge in [-0.3, -0.25) is 14.5 Å². The van der Waals surface area contributed by atoms with Crippen molar-refractivity contribution < 1.29 is 9.59 Å². The molecule has 1 radical (unpaired) electrons. The van der Waals surface area contributed by atoms with Crippen LogP contribution in [0.5, 0.6) is 0 Å². The molecule has 1 saturated heterocycles. The van der Waals surface area contributed by atoms with Crippen LogP contribution < -0.4 is 0 Å². The Kier molecular flexibility index (Phi) is 9.84. The quantitative estimate of drug-likeness (QED) is 0.394. The molecule has 1 aliphatic rings. The summed E-state index contributed by atoms with van der Waals surface area (Å²) in [6.45, 7) is 2.85. The molecule has 0 unspecified atom stereocenters. The monoisotopic (exact) mass is 292 g/mol. The van der Waals surface area contributed by atoms with Crippen molar-refractivity contribution in [1.82, 2.24) is 4.90 Å². The highest BCUT2D eigenvalue weighted by atomic mass is 16.2. The van der Waals surface area contributed by atoms with Gasteiger partial charge in [0.15, 0.2) is 0 Å². The van der Waals surface area contributed by atoms with Gasteiger partial charge in [0, 0.05) is 19.4 Å². The van der Waals surface area contributed by atoms with Gasteiger partial charge in [0.25, 0.3) is 0 Å². The van der Waals surface area contributed by atoms with E-state index >= 15 is 0 Å². The Balaban J connectivity index is 1.87. The number of imide groups is 1. The zero-order valence-electron chi connectivity index (χ0n) is 13.5. The van der Waals surface area contributed by atoms with Crippen LogP contribution in [0.3, 0.4) is 0 Å². The minimum absolute atomic E-state index is 0.0116. The van der Waals surface area contributed by atoms with Gasteiger partial charge in [-0.2, -0.15) is 0 Å². The summed E-state index contributed by atoms with van der Waals surface area (Å²) < 4.78 is 0. The number of unbranched alkanes of at least 4 members (excludes halogenated alkanes) is 8. The number of carbonyl (C=O) groups excluding carboxylic acids is 2. The van der Waals surface area contributed by atoms with Crippen LogP contribution in [0.4, 0.5) is 0 Å². The number of allylic oxidation sites excluding steroid dienone is 2. The fourth-order valence-electron chi connectivity index (χ4n) is 2.56. The van der Waals surface area contributed by atoms with Crippen molar-refractivity contribution in [1.29, 1.82) is 0 Å². The van der Waals surface area contributed by atoms with Crippen LogP contribution in [0.15, 0.2) is 12.2 Å². The maximum atomic E-state index is 11.4. The van der Waals surface area contributed by atoms with E-state index in [1.807, 2.05) is 0 Å². The first-order chi connectivity index (χ1) is 10.3. The van der Waals surface area contributed by atoms with Crippen molar-refractivity contribution >= 4 is 11.8 Å². The molecule has 0 N–H and O–H groups in total. The molecule has 0 spiro atoms. The van der Waals surface area contributed by atoms with Crippen molar-refractivity contribution in [3.63, 3.8) is 0 Å². The predicted octanol–water partition coefficient (Wildman–Crippen LogP) is 4.43. The number of carbonyl (C=O) groups is 2.